The highest BCUT2D eigenvalue weighted by atomic mass is 35.5. The Morgan fingerprint density at radius 1 is 1.24 bits per heavy atom. The highest BCUT2D eigenvalue weighted by Crippen LogP contribution is 2.42. The molecule has 0 aliphatic carbocycles. The van der Waals surface area contributed by atoms with Crippen LogP contribution in [0.25, 0.3) is 11.3 Å². The highest BCUT2D eigenvalue weighted by molar-refractivity contribution is 6.32. The molecule has 1 amide bonds. The number of pyridine rings is 1. The summed E-state index contributed by atoms with van der Waals surface area (Å²) in [6.45, 7) is 11.6. The van der Waals surface area contributed by atoms with Crippen LogP contribution in [0.4, 0.5) is 0 Å². The first-order valence-corrected chi connectivity index (χ1v) is 12.2. The molecule has 0 fully saturated rings. The van der Waals surface area contributed by atoms with Crippen molar-refractivity contribution in [1.29, 1.82) is 0 Å². The minimum absolute atomic E-state index is 0.0738. The Morgan fingerprint density at radius 2 is 1.94 bits per heavy atom. The lowest BCUT2D eigenvalue weighted by Crippen LogP contribution is -2.30. The SMILES string of the molecule is CCN(CC)C(=O)CCCOc1cc2c(cc1Cl)-c1cc(=O)c(C(C)=O)cn1[C@H](C(C)C)CO2. The number of ether oxygens (including phenoxy) is 2. The quantitative estimate of drug-likeness (QED) is 0.367. The Balaban J connectivity index is 1.88. The molecule has 0 bridgehead atoms. The molecule has 184 valence electrons. The minimum atomic E-state index is -0.330. The first-order valence-electron chi connectivity index (χ1n) is 11.8. The second-order valence-electron chi connectivity index (χ2n) is 8.82. The van der Waals surface area contributed by atoms with E-state index in [4.69, 9.17) is 21.1 Å². The standard InChI is InChI=1S/C26H33ClN2O5/c1-6-28(7-2)26(32)9-8-10-33-25-13-24-18(11-20(25)27)21-12-23(31)19(17(5)30)14-29(21)22(15-34-24)16(3)4/h11-14,16,22H,6-10,15H2,1-5H3/t22-/m0/s1. The predicted octanol–water partition coefficient (Wildman–Crippen LogP) is 4.99. The summed E-state index contributed by atoms with van der Waals surface area (Å²) < 4.78 is 14.0. The third-order valence-corrected chi connectivity index (χ3v) is 6.51. The maximum atomic E-state index is 12.6. The second kappa shape index (κ2) is 11.1. The van der Waals surface area contributed by atoms with Gasteiger partial charge in [0.15, 0.2) is 11.2 Å². The van der Waals surface area contributed by atoms with Crippen LogP contribution in [0.2, 0.25) is 5.02 Å². The number of aromatic nitrogens is 1. The van der Waals surface area contributed by atoms with Crippen LogP contribution in [-0.2, 0) is 4.79 Å². The number of hydrogen-bond acceptors (Lipinski definition) is 5. The first-order chi connectivity index (χ1) is 16.2. The fourth-order valence-corrected chi connectivity index (χ4v) is 4.40. The van der Waals surface area contributed by atoms with E-state index in [0.29, 0.717) is 66.9 Å². The lowest BCUT2D eigenvalue weighted by molar-refractivity contribution is -0.131. The van der Waals surface area contributed by atoms with Crippen molar-refractivity contribution >= 4 is 23.3 Å². The van der Waals surface area contributed by atoms with Crippen molar-refractivity contribution in [1.82, 2.24) is 9.47 Å². The van der Waals surface area contributed by atoms with Gasteiger partial charge in [-0.2, -0.15) is 0 Å². The van der Waals surface area contributed by atoms with E-state index < -0.39 is 0 Å². The van der Waals surface area contributed by atoms with E-state index >= 15 is 0 Å². The van der Waals surface area contributed by atoms with Crippen LogP contribution >= 0.6 is 11.6 Å². The molecule has 1 aromatic carbocycles. The van der Waals surface area contributed by atoms with Gasteiger partial charge in [-0.1, -0.05) is 25.4 Å². The number of benzene rings is 1. The average molecular weight is 489 g/mol. The summed E-state index contributed by atoms with van der Waals surface area (Å²) in [5, 5.41) is 0.384. The molecule has 8 heteroatoms. The van der Waals surface area contributed by atoms with Crippen molar-refractivity contribution in [3.63, 3.8) is 0 Å². The van der Waals surface area contributed by atoms with Gasteiger partial charge in [0.05, 0.1) is 28.9 Å². The zero-order chi connectivity index (χ0) is 25.0. The Bertz CT molecular complexity index is 1120. The van der Waals surface area contributed by atoms with Crippen LogP contribution in [0.15, 0.2) is 29.2 Å². The van der Waals surface area contributed by atoms with Crippen LogP contribution in [0.3, 0.4) is 0 Å². The van der Waals surface area contributed by atoms with Crippen molar-refractivity contribution in [3.8, 4) is 22.8 Å². The second-order valence-corrected chi connectivity index (χ2v) is 9.23. The predicted molar refractivity (Wildman–Crippen MR) is 133 cm³/mol. The number of rotatable bonds is 9. The fourth-order valence-electron chi connectivity index (χ4n) is 4.18. The fraction of sp³-hybridized carbons (Fsp3) is 0.500. The number of carbonyl (C=O) groups excluding carboxylic acids is 2. The van der Waals surface area contributed by atoms with Crippen LogP contribution in [-0.4, -0.2) is 47.5 Å². The van der Waals surface area contributed by atoms with Crippen molar-refractivity contribution in [2.24, 2.45) is 5.92 Å². The van der Waals surface area contributed by atoms with E-state index in [-0.39, 0.29) is 34.6 Å². The molecule has 1 aromatic heterocycles. The summed E-state index contributed by atoms with van der Waals surface area (Å²) in [6, 6.07) is 4.87. The molecule has 1 aliphatic heterocycles. The maximum absolute atomic E-state index is 12.6. The Morgan fingerprint density at radius 3 is 2.56 bits per heavy atom. The van der Waals surface area contributed by atoms with Crippen LogP contribution in [0.5, 0.6) is 11.5 Å². The summed E-state index contributed by atoms with van der Waals surface area (Å²) in [6.07, 6.45) is 2.62. The van der Waals surface area contributed by atoms with Gasteiger partial charge in [0.2, 0.25) is 5.91 Å². The number of nitrogens with zero attached hydrogens (tertiary/aromatic N) is 2. The van der Waals surface area contributed by atoms with Gasteiger partial charge in [0.25, 0.3) is 0 Å². The number of hydrogen-bond donors (Lipinski definition) is 0. The lowest BCUT2D eigenvalue weighted by Gasteiger charge is -2.24. The molecule has 0 saturated carbocycles. The summed E-state index contributed by atoms with van der Waals surface area (Å²) in [4.78, 5) is 38.6. The van der Waals surface area contributed by atoms with Crippen molar-refractivity contribution in [3.05, 3.63) is 45.2 Å². The molecule has 3 rings (SSSR count). The largest absolute Gasteiger partial charge is 0.492 e. The van der Waals surface area contributed by atoms with Crippen molar-refractivity contribution < 1.29 is 19.1 Å². The van der Waals surface area contributed by atoms with Gasteiger partial charge in [0, 0.05) is 43.4 Å². The van der Waals surface area contributed by atoms with Crippen molar-refractivity contribution in [2.75, 3.05) is 26.3 Å². The molecule has 7 nitrogen and oxygen atoms in total. The average Bonchev–Trinajstić information content (AvgIpc) is 2.93. The van der Waals surface area contributed by atoms with Gasteiger partial charge in [-0.05, 0) is 39.2 Å². The molecule has 2 heterocycles. The number of halogens is 1. The topological polar surface area (TPSA) is 77.8 Å². The minimum Gasteiger partial charge on any atom is -0.492 e. The molecule has 1 aliphatic rings. The van der Waals surface area contributed by atoms with E-state index in [1.54, 1.807) is 23.2 Å². The summed E-state index contributed by atoms with van der Waals surface area (Å²) >= 11 is 6.54. The van der Waals surface area contributed by atoms with Gasteiger partial charge in [-0.3, -0.25) is 14.4 Å². The summed E-state index contributed by atoms with van der Waals surface area (Å²) in [5.74, 6) is 1.06. The van der Waals surface area contributed by atoms with Gasteiger partial charge in [0.1, 0.15) is 18.1 Å². The van der Waals surface area contributed by atoms with Gasteiger partial charge < -0.3 is 18.9 Å². The zero-order valence-corrected chi connectivity index (χ0v) is 21.3. The zero-order valence-electron chi connectivity index (χ0n) is 20.5. The molecule has 0 radical (unpaired) electrons. The number of Topliss-reactive ketones (excluding diaryl/α,β-unsaturated/α-hetero) is 1. The molecule has 34 heavy (non-hydrogen) atoms. The lowest BCUT2D eigenvalue weighted by atomic mass is 10.0. The Kier molecular flexibility index (Phi) is 8.42. The van der Waals surface area contributed by atoms with Crippen molar-refractivity contribution in [2.45, 2.75) is 53.5 Å². The number of ketones is 1. The molecular weight excluding hydrogens is 456 g/mol. The third kappa shape index (κ3) is 5.46. The van der Waals surface area contributed by atoms with Crippen LogP contribution < -0.4 is 14.9 Å². The van der Waals surface area contributed by atoms with E-state index in [1.165, 1.54) is 13.0 Å². The number of carbonyl (C=O) groups is 2. The molecule has 2 aromatic rings. The third-order valence-electron chi connectivity index (χ3n) is 6.21. The molecule has 1 atom stereocenters. The first kappa shape index (κ1) is 25.8. The normalized spacial score (nSPS) is 14.6. The maximum Gasteiger partial charge on any atom is 0.222 e. The monoisotopic (exact) mass is 488 g/mol. The number of amides is 1. The van der Waals surface area contributed by atoms with E-state index in [9.17, 15) is 14.4 Å². The highest BCUT2D eigenvalue weighted by Gasteiger charge is 2.27. The molecule has 0 saturated heterocycles. The molecule has 0 spiro atoms. The summed E-state index contributed by atoms with van der Waals surface area (Å²) in [7, 11) is 0. The molecular formula is C26H33ClN2O5. The summed E-state index contributed by atoms with van der Waals surface area (Å²) in [5.41, 5.74) is 1.15. The van der Waals surface area contributed by atoms with Crippen LogP contribution in [0.1, 0.15) is 63.9 Å². The Hall–Kier alpha value is -2.80. The van der Waals surface area contributed by atoms with Gasteiger partial charge in [-0.15, -0.1) is 0 Å². The van der Waals surface area contributed by atoms with E-state index in [0.717, 1.165) is 0 Å². The number of fused-ring (bicyclic) bond motifs is 3. The van der Waals surface area contributed by atoms with Gasteiger partial charge in [-0.25, -0.2) is 0 Å². The molecule has 0 N–H and O–H groups in total. The van der Waals surface area contributed by atoms with E-state index in [2.05, 4.69) is 13.8 Å². The van der Waals surface area contributed by atoms with E-state index in [1.807, 2.05) is 18.4 Å². The van der Waals surface area contributed by atoms with Gasteiger partial charge >= 0.3 is 0 Å². The van der Waals surface area contributed by atoms with Crippen LogP contribution in [0, 0.1) is 5.92 Å². The smallest absolute Gasteiger partial charge is 0.222 e. The Labute approximate surface area is 205 Å². The molecule has 0 unspecified atom stereocenters.